The van der Waals surface area contributed by atoms with Gasteiger partial charge in [0.15, 0.2) is 0 Å². The van der Waals surface area contributed by atoms with Crippen LogP contribution in [-0.4, -0.2) is 11.5 Å². The Labute approximate surface area is 175 Å². The highest BCUT2D eigenvalue weighted by Crippen LogP contribution is 2.22. The summed E-state index contributed by atoms with van der Waals surface area (Å²) in [5, 5.41) is 5.28. The summed E-state index contributed by atoms with van der Waals surface area (Å²) in [4.78, 5) is 0. The van der Waals surface area contributed by atoms with E-state index in [1.54, 1.807) is 0 Å². The van der Waals surface area contributed by atoms with E-state index in [2.05, 4.69) is 96.0 Å². The molecule has 0 aliphatic rings. The predicted octanol–water partition coefficient (Wildman–Crippen LogP) is 5.31. The number of para-hydroxylation sites is 2. The summed E-state index contributed by atoms with van der Waals surface area (Å²) in [6, 6.07) is 26.1. The molecule has 2 heterocycles. The third-order valence-electron chi connectivity index (χ3n) is 5.11. The normalized spacial score (nSPS) is 11.4. The van der Waals surface area contributed by atoms with Crippen LogP contribution in [0.15, 0.2) is 82.8 Å². The zero-order chi connectivity index (χ0) is 19.3. The molecular formula is C24H26N2S2+2. The third-order valence-corrected chi connectivity index (χ3v) is 7.50. The Morgan fingerprint density at radius 1 is 0.571 bits per heavy atom. The van der Waals surface area contributed by atoms with E-state index in [1.807, 2.05) is 23.5 Å². The third kappa shape index (κ3) is 4.18. The lowest BCUT2D eigenvalue weighted by Crippen LogP contribution is -2.31. The number of benzene rings is 2. The number of thioether (sulfide) groups is 2. The van der Waals surface area contributed by atoms with Gasteiger partial charge in [-0.2, -0.15) is 9.13 Å². The molecule has 0 radical (unpaired) electrons. The first-order chi connectivity index (χ1) is 13.7. The number of pyridine rings is 2. The summed E-state index contributed by atoms with van der Waals surface area (Å²) in [6.45, 7) is 0. The number of aryl methyl sites for hydroxylation is 2. The molecule has 4 aromatic rings. The molecular weight excluding hydrogens is 380 g/mol. The Bertz CT molecular complexity index is 1020. The van der Waals surface area contributed by atoms with Gasteiger partial charge in [-0.3, -0.25) is 0 Å². The Morgan fingerprint density at radius 3 is 1.46 bits per heavy atom. The van der Waals surface area contributed by atoms with Crippen LogP contribution in [0.5, 0.6) is 0 Å². The van der Waals surface area contributed by atoms with Crippen molar-refractivity contribution >= 4 is 45.3 Å². The predicted molar refractivity (Wildman–Crippen MR) is 121 cm³/mol. The van der Waals surface area contributed by atoms with Crippen molar-refractivity contribution in [3.63, 3.8) is 0 Å². The number of fused-ring (bicyclic) bond motifs is 2. The van der Waals surface area contributed by atoms with Crippen LogP contribution in [0.4, 0.5) is 0 Å². The fourth-order valence-electron chi connectivity index (χ4n) is 3.50. The van der Waals surface area contributed by atoms with Gasteiger partial charge >= 0.3 is 0 Å². The molecule has 4 rings (SSSR count). The lowest BCUT2D eigenvalue weighted by Gasteiger charge is -2.04. The van der Waals surface area contributed by atoms with Crippen molar-refractivity contribution in [2.24, 2.45) is 14.1 Å². The quantitative estimate of drug-likeness (QED) is 0.233. The molecule has 0 N–H and O–H groups in total. The van der Waals surface area contributed by atoms with Crippen molar-refractivity contribution in [1.82, 2.24) is 0 Å². The molecule has 2 nitrogen and oxygen atoms in total. The molecule has 0 saturated carbocycles. The zero-order valence-corrected chi connectivity index (χ0v) is 18.1. The first-order valence-corrected chi connectivity index (χ1v) is 11.7. The molecule has 0 fully saturated rings. The van der Waals surface area contributed by atoms with E-state index in [4.69, 9.17) is 0 Å². The second-order valence-corrected chi connectivity index (χ2v) is 9.21. The Kier molecular flexibility index (Phi) is 6.18. The average Bonchev–Trinajstić information content (AvgIpc) is 2.74. The Balaban J connectivity index is 1.28. The molecule has 2 aromatic carbocycles. The van der Waals surface area contributed by atoms with Gasteiger partial charge in [-0.15, -0.1) is 0 Å². The highest BCUT2D eigenvalue weighted by atomic mass is 32.2. The molecule has 142 valence electrons. The van der Waals surface area contributed by atoms with Crippen molar-refractivity contribution in [3.8, 4) is 0 Å². The summed E-state index contributed by atoms with van der Waals surface area (Å²) in [5.74, 6) is 2.33. The second kappa shape index (κ2) is 8.97. The first-order valence-electron chi connectivity index (χ1n) is 9.75. The lowest BCUT2D eigenvalue weighted by atomic mass is 10.2. The number of hydrogen-bond donors (Lipinski definition) is 0. The maximum absolute atomic E-state index is 2.31. The average molecular weight is 407 g/mol. The molecule has 2 aromatic heterocycles. The maximum Gasteiger partial charge on any atom is 0.240 e. The highest BCUT2D eigenvalue weighted by Gasteiger charge is 2.13. The van der Waals surface area contributed by atoms with Gasteiger partial charge in [-0.1, -0.05) is 47.8 Å². The lowest BCUT2D eigenvalue weighted by molar-refractivity contribution is -0.683. The number of rotatable bonds is 7. The summed E-state index contributed by atoms with van der Waals surface area (Å²) in [5.41, 5.74) is 2.60. The number of nitrogens with zero attached hydrogens (tertiary/aromatic N) is 2. The molecule has 0 bridgehead atoms. The molecule has 0 aliphatic carbocycles. The van der Waals surface area contributed by atoms with Crippen LogP contribution in [0.1, 0.15) is 12.8 Å². The fraction of sp³-hybridized carbons (Fsp3) is 0.250. The highest BCUT2D eigenvalue weighted by molar-refractivity contribution is 7.99. The molecule has 28 heavy (non-hydrogen) atoms. The molecule has 0 unspecified atom stereocenters. The van der Waals surface area contributed by atoms with E-state index in [0.717, 1.165) is 11.5 Å². The maximum atomic E-state index is 2.31. The van der Waals surface area contributed by atoms with E-state index >= 15 is 0 Å². The van der Waals surface area contributed by atoms with Gasteiger partial charge in [-0.25, -0.2) is 0 Å². The fourth-order valence-corrected chi connectivity index (χ4v) is 5.53. The Morgan fingerprint density at radius 2 is 1.00 bits per heavy atom. The van der Waals surface area contributed by atoms with Crippen LogP contribution in [0, 0.1) is 0 Å². The van der Waals surface area contributed by atoms with Crippen LogP contribution in [0.3, 0.4) is 0 Å². The van der Waals surface area contributed by atoms with E-state index in [0.29, 0.717) is 0 Å². The molecule has 0 amide bonds. The Hall–Kier alpha value is -2.04. The van der Waals surface area contributed by atoms with Crippen LogP contribution in [0.2, 0.25) is 0 Å². The number of hydrogen-bond acceptors (Lipinski definition) is 2. The van der Waals surface area contributed by atoms with Gasteiger partial charge < -0.3 is 0 Å². The smallest absolute Gasteiger partial charge is 0.189 e. The SMILES string of the molecule is C[n+]1c(SCCCCSc2ccc3ccccc3[n+]2C)ccc2ccccc21. The molecule has 0 saturated heterocycles. The van der Waals surface area contributed by atoms with Crippen molar-refractivity contribution < 1.29 is 9.13 Å². The summed E-state index contributed by atoms with van der Waals surface area (Å²) >= 11 is 3.92. The van der Waals surface area contributed by atoms with E-state index in [1.165, 1.54) is 44.7 Å². The van der Waals surface area contributed by atoms with Gasteiger partial charge in [0, 0.05) is 46.5 Å². The summed E-state index contributed by atoms with van der Waals surface area (Å²) in [6.07, 6.45) is 2.48. The van der Waals surface area contributed by atoms with E-state index in [9.17, 15) is 0 Å². The topological polar surface area (TPSA) is 7.76 Å². The first kappa shape index (κ1) is 19.3. The van der Waals surface area contributed by atoms with Crippen molar-refractivity contribution in [1.29, 1.82) is 0 Å². The van der Waals surface area contributed by atoms with Crippen molar-refractivity contribution in [2.45, 2.75) is 22.9 Å². The second-order valence-electron chi connectivity index (χ2n) is 6.98. The largest absolute Gasteiger partial charge is 0.240 e. The molecule has 0 spiro atoms. The van der Waals surface area contributed by atoms with Gasteiger partial charge in [0.1, 0.15) is 14.1 Å². The monoisotopic (exact) mass is 406 g/mol. The van der Waals surface area contributed by atoms with Gasteiger partial charge in [0.2, 0.25) is 21.1 Å². The van der Waals surface area contributed by atoms with Crippen LogP contribution >= 0.6 is 23.5 Å². The molecule has 0 aliphatic heterocycles. The molecule has 0 atom stereocenters. The van der Waals surface area contributed by atoms with Crippen LogP contribution in [-0.2, 0) is 14.1 Å². The molecule has 4 heteroatoms. The number of unbranched alkanes of at least 4 members (excludes halogenated alkanes) is 1. The summed E-state index contributed by atoms with van der Waals surface area (Å²) in [7, 11) is 4.33. The van der Waals surface area contributed by atoms with Crippen molar-refractivity contribution in [3.05, 3.63) is 72.8 Å². The van der Waals surface area contributed by atoms with Crippen molar-refractivity contribution in [2.75, 3.05) is 11.5 Å². The van der Waals surface area contributed by atoms with Gasteiger partial charge in [-0.05, 0) is 37.1 Å². The zero-order valence-electron chi connectivity index (χ0n) is 16.5. The van der Waals surface area contributed by atoms with Gasteiger partial charge in [0.05, 0.1) is 0 Å². The van der Waals surface area contributed by atoms with Gasteiger partial charge in [0.25, 0.3) is 0 Å². The minimum Gasteiger partial charge on any atom is -0.189 e. The van der Waals surface area contributed by atoms with E-state index in [-0.39, 0.29) is 0 Å². The van der Waals surface area contributed by atoms with E-state index < -0.39 is 0 Å². The summed E-state index contributed by atoms with van der Waals surface area (Å²) < 4.78 is 4.62. The minimum absolute atomic E-state index is 1.16. The number of aromatic nitrogens is 2. The van der Waals surface area contributed by atoms with Crippen LogP contribution < -0.4 is 9.13 Å². The standard InChI is InChI=1S/C24H26N2S2/c1-25-21-11-5-3-9-19(21)13-15-23(25)27-17-7-8-18-28-24-16-14-20-10-4-6-12-22(20)26(24)2/h3-6,9-16H,7-8,17-18H2,1-2H3/q+2. The minimum atomic E-state index is 1.16. The van der Waals surface area contributed by atoms with Crippen LogP contribution in [0.25, 0.3) is 21.8 Å².